The largest absolute Gasteiger partial charge is 0.399 e. The van der Waals surface area contributed by atoms with Gasteiger partial charge in [-0.25, -0.2) is 4.98 Å². The molecule has 4 heteroatoms. The summed E-state index contributed by atoms with van der Waals surface area (Å²) in [6.07, 6.45) is 5.18. The number of nitrogens with two attached hydrogens (primary N) is 1. The minimum Gasteiger partial charge on any atom is -0.399 e. The van der Waals surface area contributed by atoms with E-state index in [1.807, 2.05) is 24.3 Å². The molecule has 0 amide bonds. The molecule has 0 spiro atoms. The molecule has 1 heterocycles. The molecule has 0 fully saturated rings. The fraction of sp³-hybridized carbons (Fsp3) is 0.357. The second-order valence-corrected chi connectivity index (χ2v) is 4.75. The van der Waals surface area contributed by atoms with Crippen molar-refractivity contribution in [2.24, 2.45) is 0 Å². The molecule has 1 aliphatic rings. The maximum absolute atomic E-state index is 5.77. The Bertz CT molecular complexity index is 565. The highest BCUT2D eigenvalue weighted by Crippen LogP contribution is 2.17. The maximum Gasteiger partial charge on any atom is 0.155 e. The zero-order valence-corrected chi connectivity index (χ0v) is 10.3. The zero-order chi connectivity index (χ0) is 12.4. The molecule has 1 aliphatic carbocycles. The summed E-state index contributed by atoms with van der Waals surface area (Å²) < 4.78 is 0. The van der Waals surface area contributed by atoms with Crippen molar-refractivity contribution < 1.29 is 0 Å². The summed E-state index contributed by atoms with van der Waals surface area (Å²) in [5, 5.41) is 8.51. The van der Waals surface area contributed by atoms with Crippen LogP contribution in [0.5, 0.6) is 0 Å². The Morgan fingerprint density at radius 1 is 1.06 bits per heavy atom. The summed E-state index contributed by atoms with van der Waals surface area (Å²) in [6, 6.07) is 7.84. The van der Waals surface area contributed by atoms with Crippen molar-refractivity contribution in [3.05, 3.63) is 47.0 Å². The molecule has 2 N–H and O–H groups in total. The van der Waals surface area contributed by atoms with E-state index in [-0.39, 0.29) is 0 Å². The summed E-state index contributed by atoms with van der Waals surface area (Å²) in [5.41, 5.74) is 9.89. The highest BCUT2D eigenvalue weighted by atomic mass is 15.2. The number of aromatic nitrogens is 3. The summed E-state index contributed by atoms with van der Waals surface area (Å²) in [5.74, 6) is 0.793. The standard InChI is InChI=1S/C14H16N4/c15-11-5-3-4-10(8-11)9-14-16-12-6-1-2-7-13(12)17-18-14/h3-5,8H,1-2,6-7,9,15H2. The van der Waals surface area contributed by atoms with Crippen molar-refractivity contribution in [3.63, 3.8) is 0 Å². The van der Waals surface area contributed by atoms with Crippen molar-refractivity contribution in [2.75, 3.05) is 5.73 Å². The first-order chi connectivity index (χ1) is 8.81. The molecule has 1 aromatic heterocycles. The number of anilines is 1. The molecule has 18 heavy (non-hydrogen) atoms. The number of fused-ring (bicyclic) bond motifs is 1. The lowest BCUT2D eigenvalue weighted by atomic mass is 10.0. The van der Waals surface area contributed by atoms with Crippen LogP contribution in [0.1, 0.15) is 35.6 Å². The van der Waals surface area contributed by atoms with Crippen LogP contribution in [0.4, 0.5) is 5.69 Å². The van der Waals surface area contributed by atoms with Crippen molar-refractivity contribution in [1.29, 1.82) is 0 Å². The van der Waals surface area contributed by atoms with E-state index in [0.717, 1.165) is 41.3 Å². The van der Waals surface area contributed by atoms with Crippen LogP contribution < -0.4 is 5.73 Å². The normalized spacial score (nSPS) is 14.2. The fourth-order valence-corrected chi connectivity index (χ4v) is 2.36. The van der Waals surface area contributed by atoms with Gasteiger partial charge in [0.15, 0.2) is 5.82 Å². The monoisotopic (exact) mass is 240 g/mol. The lowest BCUT2D eigenvalue weighted by Gasteiger charge is -2.13. The minimum absolute atomic E-state index is 0.700. The first-order valence-electron chi connectivity index (χ1n) is 6.37. The van der Waals surface area contributed by atoms with Gasteiger partial charge in [-0.2, -0.15) is 5.10 Å². The van der Waals surface area contributed by atoms with Gasteiger partial charge in [0.2, 0.25) is 0 Å². The molecule has 0 aliphatic heterocycles. The van der Waals surface area contributed by atoms with Gasteiger partial charge >= 0.3 is 0 Å². The first kappa shape index (κ1) is 11.1. The van der Waals surface area contributed by atoms with Crippen LogP contribution in [0, 0.1) is 0 Å². The van der Waals surface area contributed by atoms with Crippen LogP contribution in [0.25, 0.3) is 0 Å². The molecule has 0 unspecified atom stereocenters. The molecular formula is C14H16N4. The van der Waals surface area contributed by atoms with E-state index in [1.165, 1.54) is 12.8 Å². The van der Waals surface area contributed by atoms with Crippen LogP contribution in [-0.2, 0) is 19.3 Å². The lowest BCUT2D eigenvalue weighted by molar-refractivity contribution is 0.621. The van der Waals surface area contributed by atoms with Gasteiger partial charge in [-0.15, -0.1) is 5.10 Å². The van der Waals surface area contributed by atoms with Gasteiger partial charge in [0.25, 0.3) is 0 Å². The molecule has 4 nitrogen and oxygen atoms in total. The van der Waals surface area contributed by atoms with Crippen molar-refractivity contribution >= 4 is 5.69 Å². The first-order valence-corrected chi connectivity index (χ1v) is 6.37. The predicted octanol–water partition coefficient (Wildman–Crippen LogP) is 1.92. The van der Waals surface area contributed by atoms with Gasteiger partial charge < -0.3 is 5.73 Å². The minimum atomic E-state index is 0.700. The Morgan fingerprint density at radius 3 is 2.72 bits per heavy atom. The highest BCUT2D eigenvalue weighted by Gasteiger charge is 2.13. The molecular weight excluding hydrogens is 224 g/mol. The van der Waals surface area contributed by atoms with Gasteiger partial charge in [-0.05, 0) is 43.4 Å². The van der Waals surface area contributed by atoms with Crippen LogP contribution in [0.3, 0.4) is 0 Å². The number of nitrogens with zero attached hydrogens (tertiary/aromatic N) is 3. The van der Waals surface area contributed by atoms with E-state index in [0.29, 0.717) is 6.42 Å². The average molecular weight is 240 g/mol. The van der Waals surface area contributed by atoms with E-state index >= 15 is 0 Å². The highest BCUT2D eigenvalue weighted by molar-refractivity contribution is 5.41. The molecule has 0 saturated heterocycles. The molecule has 0 atom stereocenters. The third-order valence-corrected chi connectivity index (χ3v) is 3.27. The molecule has 0 radical (unpaired) electrons. The molecule has 3 rings (SSSR count). The van der Waals surface area contributed by atoms with E-state index < -0.39 is 0 Å². The second-order valence-electron chi connectivity index (χ2n) is 4.75. The second kappa shape index (κ2) is 4.72. The number of hydrogen-bond acceptors (Lipinski definition) is 4. The quantitative estimate of drug-likeness (QED) is 0.814. The van der Waals surface area contributed by atoms with Gasteiger partial charge in [-0.3, -0.25) is 0 Å². The zero-order valence-electron chi connectivity index (χ0n) is 10.3. The lowest BCUT2D eigenvalue weighted by Crippen LogP contribution is -2.12. The third kappa shape index (κ3) is 2.32. The number of nitrogen functional groups attached to an aromatic ring is 1. The third-order valence-electron chi connectivity index (χ3n) is 3.27. The molecule has 0 saturated carbocycles. The Kier molecular flexibility index (Phi) is 2.92. The Labute approximate surface area is 106 Å². The number of rotatable bonds is 2. The SMILES string of the molecule is Nc1cccc(Cc2nnc3c(n2)CCCC3)c1. The van der Waals surface area contributed by atoms with E-state index in [9.17, 15) is 0 Å². The van der Waals surface area contributed by atoms with Crippen LogP contribution in [0.2, 0.25) is 0 Å². The summed E-state index contributed by atoms with van der Waals surface area (Å²) >= 11 is 0. The summed E-state index contributed by atoms with van der Waals surface area (Å²) in [4.78, 5) is 4.62. The van der Waals surface area contributed by atoms with Crippen LogP contribution in [-0.4, -0.2) is 15.2 Å². The van der Waals surface area contributed by atoms with E-state index in [4.69, 9.17) is 5.73 Å². The topological polar surface area (TPSA) is 64.7 Å². The molecule has 2 aromatic rings. The molecule has 92 valence electrons. The van der Waals surface area contributed by atoms with Crippen LogP contribution in [0.15, 0.2) is 24.3 Å². The van der Waals surface area contributed by atoms with Crippen molar-refractivity contribution in [2.45, 2.75) is 32.1 Å². The maximum atomic E-state index is 5.77. The molecule has 1 aromatic carbocycles. The van der Waals surface area contributed by atoms with E-state index in [2.05, 4.69) is 15.2 Å². The van der Waals surface area contributed by atoms with Gasteiger partial charge in [0.1, 0.15) is 0 Å². The Balaban J connectivity index is 1.85. The van der Waals surface area contributed by atoms with Crippen LogP contribution >= 0.6 is 0 Å². The summed E-state index contributed by atoms with van der Waals surface area (Å²) in [6.45, 7) is 0. The number of aryl methyl sites for hydroxylation is 2. The number of benzene rings is 1. The van der Waals surface area contributed by atoms with Gasteiger partial charge in [0, 0.05) is 12.1 Å². The van der Waals surface area contributed by atoms with Crippen molar-refractivity contribution in [1.82, 2.24) is 15.2 Å². The van der Waals surface area contributed by atoms with Gasteiger partial charge in [0.05, 0.1) is 11.4 Å². The average Bonchev–Trinajstić information content (AvgIpc) is 2.39. The van der Waals surface area contributed by atoms with Gasteiger partial charge in [-0.1, -0.05) is 12.1 Å². The smallest absolute Gasteiger partial charge is 0.155 e. The fourth-order valence-electron chi connectivity index (χ4n) is 2.36. The Morgan fingerprint density at radius 2 is 1.89 bits per heavy atom. The molecule has 0 bridgehead atoms. The number of hydrogen-bond donors (Lipinski definition) is 1. The Hall–Kier alpha value is -1.97. The van der Waals surface area contributed by atoms with Crippen molar-refractivity contribution in [3.8, 4) is 0 Å². The van der Waals surface area contributed by atoms with E-state index in [1.54, 1.807) is 0 Å². The summed E-state index contributed by atoms with van der Waals surface area (Å²) in [7, 11) is 0. The predicted molar refractivity (Wildman–Crippen MR) is 70.1 cm³/mol.